The predicted molar refractivity (Wildman–Crippen MR) is 81.7 cm³/mol. The number of thiophene rings is 1. The first kappa shape index (κ1) is 14.8. The Hall–Kier alpha value is -1.62. The minimum absolute atomic E-state index is 0.0424. The fraction of sp³-hybridized carbons (Fsp3) is 0.333. The molecule has 0 spiro atoms. The van der Waals surface area contributed by atoms with E-state index in [-0.39, 0.29) is 11.6 Å². The fourth-order valence-electron chi connectivity index (χ4n) is 2.11. The van der Waals surface area contributed by atoms with Gasteiger partial charge in [-0.05, 0) is 44.2 Å². The number of halogens is 2. The summed E-state index contributed by atoms with van der Waals surface area (Å²) in [5.74, 6) is 0. The summed E-state index contributed by atoms with van der Waals surface area (Å²) in [6.45, 7) is 4.04. The van der Waals surface area contributed by atoms with Gasteiger partial charge in [-0.2, -0.15) is 0 Å². The fourth-order valence-corrected chi connectivity index (χ4v) is 3.13. The molecule has 2 rings (SSSR count). The Kier molecular flexibility index (Phi) is 4.60. The zero-order valence-electron chi connectivity index (χ0n) is 11.5. The third-order valence-electron chi connectivity index (χ3n) is 3.02. The van der Waals surface area contributed by atoms with E-state index in [2.05, 4.69) is 24.4 Å². The third kappa shape index (κ3) is 3.70. The van der Waals surface area contributed by atoms with Crippen LogP contribution in [0.15, 0.2) is 30.3 Å². The van der Waals surface area contributed by atoms with E-state index in [0.29, 0.717) is 11.4 Å². The van der Waals surface area contributed by atoms with Gasteiger partial charge in [-0.15, -0.1) is 11.3 Å². The minimum Gasteiger partial charge on any atom is -0.399 e. The largest absolute Gasteiger partial charge is 0.399 e. The van der Waals surface area contributed by atoms with E-state index in [1.165, 1.54) is 15.8 Å². The molecular formula is C15H18F2N2S. The van der Waals surface area contributed by atoms with Gasteiger partial charge in [-0.25, -0.2) is 8.78 Å². The summed E-state index contributed by atoms with van der Waals surface area (Å²) in [5.41, 5.74) is 6.33. The summed E-state index contributed by atoms with van der Waals surface area (Å²) in [7, 11) is 0. The highest BCUT2D eigenvalue weighted by atomic mass is 32.1. The van der Waals surface area contributed by atoms with Gasteiger partial charge < -0.3 is 11.1 Å². The average Bonchev–Trinajstić information content (AvgIpc) is 2.76. The van der Waals surface area contributed by atoms with E-state index < -0.39 is 6.43 Å². The van der Waals surface area contributed by atoms with Crippen LogP contribution >= 0.6 is 11.3 Å². The lowest BCUT2D eigenvalue weighted by molar-refractivity contribution is 0.152. The molecule has 1 aromatic carbocycles. The van der Waals surface area contributed by atoms with Crippen LogP contribution in [0.25, 0.3) is 0 Å². The van der Waals surface area contributed by atoms with E-state index >= 15 is 0 Å². The van der Waals surface area contributed by atoms with Crippen LogP contribution in [-0.4, -0.2) is 6.04 Å². The first-order valence-electron chi connectivity index (χ1n) is 6.45. The molecule has 0 bridgehead atoms. The van der Waals surface area contributed by atoms with Crippen molar-refractivity contribution in [1.29, 1.82) is 0 Å². The third-order valence-corrected chi connectivity index (χ3v) is 4.04. The zero-order chi connectivity index (χ0) is 14.7. The van der Waals surface area contributed by atoms with Crippen LogP contribution in [0.4, 0.5) is 20.2 Å². The molecule has 0 saturated heterocycles. The normalized spacial score (nSPS) is 12.7. The van der Waals surface area contributed by atoms with Crippen LogP contribution in [0.3, 0.4) is 0 Å². The van der Waals surface area contributed by atoms with Gasteiger partial charge in [0.05, 0.1) is 0 Å². The number of hydrogen-bond donors (Lipinski definition) is 2. The second kappa shape index (κ2) is 6.22. The average molecular weight is 296 g/mol. The van der Waals surface area contributed by atoms with Gasteiger partial charge in [0.1, 0.15) is 0 Å². The quantitative estimate of drug-likeness (QED) is 0.790. The molecule has 108 valence electrons. The molecule has 2 nitrogen and oxygen atoms in total. The van der Waals surface area contributed by atoms with Crippen molar-refractivity contribution >= 4 is 22.7 Å². The van der Waals surface area contributed by atoms with Gasteiger partial charge in [0.2, 0.25) is 0 Å². The highest BCUT2D eigenvalue weighted by Gasteiger charge is 2.15. The number of rotatable bonds is 5. The topological polar surface area (TPSA) is 38.0 Å². The first-order chi connectivity index (χ1) is 9.45. The number of nitrogens with one attached hydrogen (secondary N) is 1. The molecule has 0 fully saturated rings. The summed E-state index contributed by atoms with van der Waals surface area (Å²) >= 11 is 1.73. The van der Waals surface area contributed by atoms with Crippen LogP contribution < -0.4 is 11.1 Å². The van der Waals surface area contributed by atoms with Crippen LogP contribution in [0.1, 0.15) is 28.7 Å². The molecule has 1 aromatic heterocycles. The molecule has 0 saturated carbocycles. The first-order valence-corrected chi connectivity index (χ1v) is 7.27. The number of aryl methyl sites for hydroxylation is 1. The Morgan fingerprint density at radius 3 is 2.60 bits per heavy atom. The summed E-state index contributed by atoms with van der Waals surface area (Å²) in [6, 6.07) is 8.81. The van der Waals surface area contributed by atoms with E-state index in [0.717, 1.165) is 6.42 Å². The van der Waals surface area contributed by atoms with Crippen molar-refractivity contribution in [3.05, 3.63) is 45.6 Å². The maximum atomic E-state index is 13.0. The highest BCUT2D eigenvalue weighted by Crippen LogP contribution is 2.30. The molecular weight excluding hydrogens is 278 g/mol. The molecule has 1 heterocycles. The van der Waals surface area contributed by atoms with Gasteiger partial charge in [0.15, 0.2) is 0 Å². The molecule has 5 heteroatoms. The molecule has 1 atom stereocenters. The maximum absolute atomic E-state index is 13.0. The Bertz CT molecular complexity index is 581. The summed E-state index contributed by atoms with van der Waals surface area (Å²) in [4.78, 5) is 2.50. The minimum atomic E-state index is -2.53. The molecule has 0 aliphatic rings. The summed E-state index contributed by atoms with van der Waals surface area (Å²) in [5, 5.41) is 3.15. The van der Waals surface area contributed by atoms with Gasteiger partial charge >= 0.3 is 0 Å². The van der Waals surface area contributed by atoms with Gasteiger partial charge in [-0.1, -0.05) is 0 Å². The Morgan fingerprint density at radius 2 is 2.00 bits per heavy atom. The second-order valence-electron chi connectivity index (χ2n) is 4.91. The standard InChI is InChI=1S/C15H18F2N2S/c1-9(7-12-5-3-10(2)20-12)19-14-6-4-11(18)8-13(14)15(16)17/h3-6,8-9,15,19H,7,18H2,1-2H3. The molecule has 0 aliphatic heterocycles. The SMILES string of the molecule is Cc1ccc(CC(C)Nc2ccc(N)cc2C(F)F)s1. The molecule has 0 amide bonds. The van der Waals surface area contributed by atoms with Gasteiger partial charge in [-0.3, -0.25) is 0 Å². The second-order valence-corrected chi connectivity index (χ2v) is 6.28. The van der Waals surface area contributed by atoms with Crippen molar-refractivity contribution in [3.63, 3.8) is 0 Å². The highest BCUT2D eigenvalue weighted by molar-refractivity contribution is 7.11. The van der Waals surface area contributed by atoms with E-state index in [1.54, 1.807) is 23.5 Å². The Labute approximate surface area is 121 Å². The van der Waals surface area contributed by atoms with Crippen molar-refractivity contribution in [3.8, 4) is 0 Å². The lowest BCUT2D eigenvalue weighted by Crippen LogP contribution is -2.18. The molecule has 3 N–H and O–H groups in total. The molecule has 1 unspecified atom stereocenters. The van der Waals surface area contributed by atoms with E-state index in [9.17, 15) is 8.78 Å². The molecule has 0 radical (unpaired) electrons. The number of benzene rings is 1. The van der Waals surface area contributed by atoms with Crippen molar-refractivity contribution in [2.24, 2.45) is 0 Å². The van der Waals surface area contributed by atoms with Gasteiger partial charge in [0.25, 0.3) is 6.43 Å². The van der Waals surface area contributed by atoms with Crippen LogP contribution in [0.2, 0.25) is 0 Å². The number of nitrogen functional groups attached to an aromatic ring is 1. The summed E-state index contributed by atoms with van der Waals surface area (Å²) in [6.07, 6.45) is -1.72. The molecule has 2 aromatic rings. The maximum Gasteiger partial charge on any atom is 0.265 e. The van der Waals surface area contributed by atoms with Crippen molar-refractivity contribution in [2.75, 3.05) is 11.1 Å². The van der Waals surface area contributed by atoms with Crippen molar-refractivity contribution < 1.29 is 8.78 Å². The van der Waals surface area contributed by atoms with Crippen molar-refractivity contribution in [2.45, 2.75) is 32.7 Å². The van der Waals surface area contributed by atoms with Crippen LogP contribution in [-0.2, 0) is 6.42 Å². The smallest absolute Gasteiger partial charge is 0.265 e. The van der Waals surface area contributed by atoms with Gasteiger partial charge in [0, 0.05) is 39.2 Å². The monoisotopic (exact) mass is 296 g/mol. The van der Waals surface area contributed by atoms with Crippen molar-refractivity contribution in [1.82, 2.24) is 0 Å². The number of anilines is 2. The van der Waals surface area contributed by atoms with Crippen LogP contribution in [0, 0.1) is 6.92 Å². The van der Waals surface area contributed by atoms with Crippen LogP contribution in [0.5, 0.6) is 0 Å². The lowest BCUT2D eigenvalue weighted by Gasteiger charge is -2.18. The Balaban J connectivity index is 2.09. The Morgan fingerprint density at radius 1 is 1.25 bits per heavy atom. The molecule has 20 heavy (non-hydrogen) atoms. The lowest BCUT2D eigenvalue weighted by atomic mass is 10.1. The molecule has 0 aliphatic carbocycles. The number of alkyl halides is 2. The predicted octanol–water partition coefficient (Wildman–Crippen LogP) is 4.62. The van der Waals surface area contributed by atoms with E-state index in [4.69, 9.17) is 5.73 Å². The zero-order valence-corrected chi connectivity index (χ0v) is 12.3. The number of nitrogens with two attached hydrogens (primary N) is 1. The number of hydrogen-bond acceptors (Lipinski definition) is 3. The summed E-state index contributed by atoms with van der Waals surface area (Å²) < 4.78 is 26.0. The van der Waals surface area contributed by atoms with E-state index in [1.807, 2.05) is 6.92 Å².